The number of rotatable bonds is 4. The van der Waals surface area contributed by atoms with E-state index in [0.29, 0.717) is 32.5 Å². The van der Waals surface area contributed by atoms with Gasteiger partial charge in [-0.1, -0.05) is 0 Å². The molecule has 122 valence electrons. The smallest absolute Gasteiger partial charge is 0.244 e. The third-order valence-corrected chi connectivity index (χ3v) is 6.60. The van der Waals surface area contributed by atoms with Crippen LogP contribution >= 0.6 is 15.9 Å². The molecule has 0 aliphatic carbocycles. The van der Waals surface area contributed by atoms with Crippen molar-refractivity contribution in [2.45, 2.75) is 24.7 Å². The highest BCUT2D eigenvalue weighted by atomic mass is 79.9. The molecular weight excluding hydrogens is 375 g/mol. The van der Waals surface area contributed by atoms with Crippen molar-refractivity contribution in [3.8, 4) is 0 Å². The van der Waals surface area contributed by atoms with E-state index in [1.54, 1.807) is 0 Å². The Kier molecular flexibility index (Phi) is 5.57. The van der Waals surface area contributed by atoms with Gasteiger partial charge >= 0.3 is 0 Å². The van der Waals surface area contributed by atoms with Gasteiger partial charge in [0.15, 0.2) is 0 Å². The molecule has 1 aliphatic heterocycles. The number of hydrogen-bond acceptors (Lipinski definition) is 3. The van der Waals surface area contributed by atoms with Crippen LogP contribution in [0.2, 0.25) is 0 Å². The lowest BCUT2D eigenvalue weighted by atomic mass is 9.98. The first-order valence-electron chi connectivity index (χ1n) is 7.00. The minimum Gasteiger partial charge on any atom is -0.356 e. The van der Waals surface area contributed by atoms with Crippen LogP contribution in [-0.2, 0) is 14.8 Å². The Bertz CT molecular complexity index is 658. The zero-order valence-corrected chi connectivity index (χ0v) is 14.6. The number of nitrogens with zero attached hydrogens (tertiary/aromatic N) is 1. The highest BCUT2D eigenvalue weighted by Crippen LogP contribution is 2.28. The van der Waals surface area contributed by atoms with Crippen molar-refractivity contribution in [3.05, 3.63) is 28.5 Å². The number of carbonyl (C=O) groups excluding carboxylic acids is 1. The van der Waals surface area contributed by atoms with Gasteiger partial charge in [0.2, 0.25) is 15.9 Å². The van der Waals surface area contributed by atoms with E-state index in [1.807, 2.05) is 0 Å². The molecular formula is C14H18BrFN2O3S. The summed E-state index contributed by atoms with van der Waals surface area (Å²) in [7, 11) is -3.63. The molecule has 1 aromatic carbocycles. The van der Waals surface area contributed by atoms with Crippen LogP contribution in [0.3, 0.4) is 0 Å². The fraction of sp³-hybridized carbons (Fsp3) is 0.500. The largest absolute Gasteiger partial charge is 0.356 e. The zero-order chi connectivity index (χ0) is 16.3. The fourth-order valence-corrected chi connectivity index (χ4v) is 4.94. The molecule has 1 heterocycles. The Morgan fingerprint density at radius 3 is 2.59 bits per heavy atom. The zero-order valence-electron chi connectivity index (χ0n) is 12.2. The van der Waals surface area contributed by atoms with Crippen molar-refractivity contribution in [3.63, 3.8) is 0 Å². The maximum Gasteiger partial charge on any atom is 0.244 e. The average molecular weight is 393 g/mol. The molecule has 0 spiro atoms. The molecule has 0 unspecified atom stereocenters. The van der Waals surface area contributed by atoms with E-state index in [2.05, 4.69) is 21.2 Å². The van der Waals surface area contributed by atoms with Gasteiger partial charge in [0.05, 0.1) is 4.90 Å². The van der Waals surface area contributed by atoms with Gasteiger partial charge in [-0.2, -0.15) is 4.31 Å². The summed E-state index contributed by atoms with van der Waals surface area (Å²) < 4.78 is 39.9. The Balaban J connectivity index is 2.05. The predicted octanol–water partition coefficient (Wildman–Crippen LogP) is 2.12. The van der Waals surface area contributed by atoms with Crippen molar-refractivity contribution in [2.75, 3.05) is 19.6 Å². The number of carbonyl (C=O) groups is 1. The summed E-state index contributed by atoms with van der Waals surface area (Å²) in [6.07, 6.45) is 1.39. The Morgan fingerprint density at radius 2 is 2.05 bits per heavy atom. The van der Waals surface area contributed by atoms with Crippen LogP contribution in [0, 0.1) is 11.7 Å². The molecule has 1 aliphatic rings. The van der Waals surface area contributed by atoms with E-state index >= 15 is 0 Å². The summed E-state index contributed by atoms with van der Waals surface area (Å²) in [5, 5.41) is 2.76. The summed E-state index contributed by atoms with van der Waals surface area (Å²) in [6, 6.07) is 3.57. The third kappa shape index (κ3) is 4.05. The van der Waals surface area contributed by atoms with Crippen molar-refractivity contribution in [1.82, 2.24) is 9.62 Å². The number of halogens is 2. The van der Waals surface area contributed by atoms with Gasteiger partial charge in [-0.05, 0) is 52.9 Å². The summed E-state index contributed by atoms with van der Waals surface area (Å²) >= 11 is 3.11. The van der Waals surface area contributed by atoms with E-state index in [1.165, 1.54) is 17.3 Å². The molecule has 0 saturated carbocycles. The summed E-state index contributed by atoms with van der Waals surface area (Å²) in [5.41, 5.74) is 0. The van der Waals surface area contributed by atoms with Gasteiger partial charge in [0.1, 0.15) is 5.82 Å². The minimum absolute atomic E-state index is 0.0780. The SMILES string of the molecule is CC(=O)NCC1CCN(S(=O)(=O)c2ccc(F)cc2Br)CC1. The van der Waals surface area contributed by atoms with Crippen LogP contribution in [0.4, 0.5) is 4.39 Å². The second-order valence-corrected chi connectivity index (χ2v) is 8.12. The third-order valence-electron chi connectivity index (χ3n) is 3.72. The molecule has 22 heavy (non-hydrogen) atoms. The van der Waals surface area contributed by atoms with Crippen LogP contribution in [0.1, 0.15) is 19.8 Å². The maximum absolute atomic E-state index is 13.1. The Labute approximate surface area is 138 Å². The number of hydrogen-bond donors (Lipinski definition) is 1. The molecule has 1 saturated heterocycles. The van der Waals surface area contributed by atoms with Gasteiger partial charge in [0.25, 0.3) is 0 Å². The topological polar surface area (TPSA) is 66.5 Å². The lowest BCUT2D eigenvalue weighted by molar-refractivity contribution is -0.119. The van der Waals surface area contributed by atoms with E-state index < -0.39 is 15.8 Å². The van der Waals surface area contributed by atoms with E-state index in [0.717, 1.165) is 12.1 Å². The number of benzene rings is 1. The molecule has 0 aromatic heterocycles. The summed E-state index contributed by atoms with van der Waals surface area (Å²) in [5.74, 6) is -0.280. The number of sulfonamides is 1. The molecule has 0 bridgehead atoms. The first kappa shape index (κ1) is 17.4. The van der Waals surface area contributed by atoms with E-state index in [9.17, 15) is 17.6 Å². The van der Waals surface area contributed by atoms with Gasteiger partial charge in [-0.25, -0.2) is 12.8 Å². The van der Waals surface area contributed by atoms with Gasteiger partial charge in [-0.15, -0.1) is 0 Å². The molecule has 0 atom stereocenters. The number of piperidine rings is 1. The predicted molar refractivity (Wildman–Crippen MR) is 84.3 cm³/mol. The first-order valence-corrected chi connectivity index (χ1v) is 9.23. The Hall–Kier alpha value is -0.990. The standard InChI is InChI=1S/C14H18BrFN2O3S/c1-10(19)17-9-11-4-6-18(7-5-11)22(20,21)14-3-2-12(16)8-13(14)15/h2-3,8,11H,4-7,9H2,1H3,(H,17,19). The van der Waals surface area contributed by atoms with Crippen molar-refractivity contribution < 1.29 is 17.6 Å². The summed E-state index contributed by atoms with van der Waals surface area (Å²) in [6.45, 7) is 2.84. The number of nitrogens with one attached hydrogen (secondary N) is 1. The van der Waals surface area contributed by atoms with Crippen LogP contribution in [-0.4, -0.2) is 38.3 Å². The fourth-order valence-electron chi connectivity index (χ4n) is 2.47. The molecule has 1 fully saturated rings. The maximum atomic E-state index is 13.1. The minimum atomic E-state index is -3.63. The highest BCUT2D eigenvalue weighted by molar-refractivity contribution is 9.10. The lowest BCUT2D eigenvalue weighted by Gasteiger charge is -2.31. The molecule has 1 amide bonds. The van der Waals surface area contributed by atoms with Crippen LogP contribution in [0.5, 0.6) is 0 Å². The van der Waals surface area contributed by atoms with Crippen molar-refractivity contribution in [1.29, 1.82) is 0 Å². The molecule has 2 rings (SSSR count). The van der Waals surface area contributed by atoms with Crippen LogP contribution in [0.15, 0.2) is 27.6 Å². The van der Waals surface area contributed by atoms with Crippen LogP contribution < -0.4 is 5.32 Å². The van der Waals surface area contributed by atoms with Crippen molar-refractivity contribution >= 4 is 31.9 Å². The lowest BCUT2D eigenvalue weighted by Crippen LogP contribution is -2.41. The van der Waals surface area contributed by atoms with E-state index in [4.69, 9.17) is 0 Å². The summed E-state index contributed by atoms with van der Waals surface area (Å²) in [4.78, 5) is 11.0. The molecule has 1 N–H and O–H groups in total. The Morgan fingerprint density at radius 1 is 1.41 bits per heavy atom. The van der Waals surface area contributed by atoms with Gasteiger partial charge in [-0.3, -0.25) is 4.79 Å². The number of amides is 1. The molecule has 8 heteroatoms. The van der Waals surface area contributed by atoms with Crippen LogP contribution in [0.25, 0.3) is 0 Å². The quantitative estimate of drug-likeness (QED) is 0.853. The molecule has 1 aromatic rings. The highest BCUT2D eigenvalue weighted by Gasteiger charge is 2.30. The van der Waals surface area contributed by atoms with Gasteiger partial charge < -0.3 is 5.32 Å². The first-order chi connectivity index (χ1) is 10.3. The average Bonchev–Trinajstić information content (AvgIpc) is 2.45. The second kappa shape index (κ2) is 7.06. The monoisotopic (exact) mass is 392 g/mol. The molecule has 0 radical (unpaired) electrons. The second-order valence-electron chi connectivity index (χ2n) is 5.36. The van der Waals surface area contributed by atoms with E-state index in [-0.39, 0.29) is 21.2 Å². The normalized spacial score (nSPS) is 17.4. The van der Waals surface area contributed by atoms with Crippen molar-refractivity contribution in [2.24, 2.45) is 5.92 Å². The molecule has 5 nitrogen and oxygen atoms in total. The van der Waals surface area contributed by atoms with Gasteiger partial charge in [0, 0.05) is 31.0 Å².